The van der Waals surface area contributed by atoms with Gasteiger partial charge in [0.25, 0.3) is 0 Å². The van der Waals surface area contributed by atoms with Gasteiger partial charge in [-0.25, -0.2) is 0 Å². The monoisotopic (exact) mass is 259 g/mol. The molecule has 1 atom stereocenters. The first-order valence-corrected chi connectivity index (χ1v) is 6.43. The van der Waals surface area contributed by atoms with Crippen LogP contribution in [0.1, 0.15) is 18.1 Å². The molecule has 0 spiro atoms. The topological polar surface area (TPSA) is 32.7 Å². The highest BCUT2D eigenvalue weighted by atomic mass is 16.5. The first kappa shape index (κ1) is 13.7. The maximum absolute atomic E-state index is 9.31. The zero-order valence-electron chi connectivity index (χ0n) is 11.8. The highest BCUT2D eigenvalue weighted by Crippen LogP contribution is 2.28. The van der Waals surface area contributed by atoms with Crippen LogP contribution in [0.2, 0.25) is 0 Å². The standard InChI is InChI=1S/C16H21NO2/c1-11(7-12(2)18)16-9-14-8-15(19-4)6-5-13(14)10-17(16)3/h5-8,16,18H,2,9-10H2,1,3-4H3/b11-7+/t16-/m0/s1. The normalized spacial score (nSPS) is 19.9. The second-order valence-corrected chi connectivity index (χ2v) is 5.15. The number of nitrogens with zero attached hydrogens (tertiary/aromatic N) is 1. The number of fused-ring (bicyclic) bond motifs is 1. The Labute approximate surface area is 114 Å². The van der Waals surface area contributed by atoms with Crippen LogP contribution in [-0.2, 0) is 13.0 Å². The van der Waals surface area contributed by atoms with Gasteiger partial charge in [-0.2, -0.15) is 0 Å². The van der Waals surface area contributed by atoms with Crippen LogP contribution < -0.4 is 4.74 Å². The molecule has 1 aromatic carbocycles. The Hall–Kier alpha value is -1.74. The number of rotatable bonds is 3. The van der Waals surface area contributed by atoms with Crippen molar-refractivity contribution >= 4 is 0 Å². The van der Waals surface area contributed by atoms with Gasteiger partial charge in [0.1, 0.15) is 11.5 Å². The Morgan fingerprint density at radius 3 is 2.84 bits per heavy atom. The highest BCUT2D eigenvalue weighted by Gasteiger charge is 2.24. The number of methoxy groups -OCH3 is 1. The molecule has 1 aliphatic rings. The van der Waals surface area contributed by atoms with Gasteiger partial charge in [-0.05, 0) is 49.7 Å². The van der Waals surface area contributed by atoms with Crippen LogP contribution in [0.25, 0.3) is 0 Å². The van der Waals surface area contributed by atoms with E-state index in [1.54, 1.807) is 13.2 Å². The molecule has 0 aliphatic carbocycles. The van der Waals surface area contributed by atoms with E-state index in [1.807, 2.05) is 13.0 Å². The molecule has 0 fully saturated rings. The van der Waals surface area contributed by atoms with Crippen molar-refractivity contribution in [1.29, 1.82) is 0 Å². The Morgan fingerprint density at radius 1 is 1.47 bits per heavy atom. The fourth-order valence-electron chi connectivity index (χ4n) is 2.68. The molecule has 1 aliphatic heterocycles. The SMILES string of the molecule is C=C(O)/C=C(\C)[C@@H]1Cc2cc(OC)ccc2CN1C. The number of benzene rings is 1. The summed E-state index contributed by atoms with van der Waals surface area (Å²) in [5.41, 5.74) is 3.79. The molecule has 3 nitrogen and oxygen atoms in total. The molecule has 3 heteroatoms. The number of aliphatic hydroxyl groups is 1. The Bertz CT molecular complexity index is 519. The van der Waals surface area contributed by atoms with E-state index >= 15 is 0 Å². The lowest BCUT2D eigenvalue weighted by Crippen LogP contribution is -2.38. The molecule has 0 saturated carbocycles. The van der Waals surface area contributed by atoms with Crippen LogP contribution in [0.3, 0.4) is 0 Å². The summed E-state index contributed by atoms with van der Waals surface area (Å²) in [5, 5.41) is 9.31. The van der Waals surface area contributed by atoms with E-state index in [1.165, 1.54) is 11.1 Å². The molecule has 1 N–H and O–H groups in total. The van der Waals surface area contributed by atoms with E-state index in [0.29, 0.717) is 6.04 Å². The molecule has 0 radical (unpaired) electrons. The average Bonchev–Trinajstić information content (AvgIpc) is 2.36. The third-order valence-corrected chi connectivity index (χ3v) is 3.70. The number of hydrogen-bond acceptors (Lipinski definition) is 3. The third-order valence-electron chi connectivity index (χ3n) is 3.70. The first-order valence-electron chi connectivity index (χ1n) is 6.43. The largest absolute Gasteiger partial charge is 0.509 e. The third kappa shape index (κ3) is 2.99. The molecule has 0 aromatic heterocycles. The van der Waals surface area contributed by atoms with Crippen LogP contribution in [-0.4, -0.2) is 30.2 Å². The fourth-order valence-corrected chi connectivity index (χ4v) is 2.68. The minimum Gasteiger partial charge on any atom is -0.509 e. The van der Waals surface area contributed by atoms with Gasteiger partial charge in [-0.3, -0.25) is 4.90 Å². The lowest BCUT2D eigenvalue weighted by atomic mass is 9.90. The van der Waals surface area contributed by atoms with Crippen molar-refractivity contribution in [3.8, 4) is 5.75 Å². The smallest absolute Gasteiger partial charge is 0.119 e. The molecule has 0 saturated heterocycles. The minimum atomic E-state index is 0.113. The van der Waals surface area contributed by atoms with Crippen LogP contribution in [0.5, 0.6) is 5.75 Å². The second-order valence-electron chi connectivity index (χ2n) is 5.15. The second kappa shape index (κ2) is 5.49. The number of aliphatic hydroxyl groups excluding tert-OH is 1. The van der Waals surface area contributed by atoms with Crippen LogP contribution in [0, 0.1) is 0 Å². The van der Waals surface area contributed by atoms with Gasteiger partial charge in [-0.15, -0.1) is 0 Å². The Kier molecular flexibility index (Phi) is 3.96. The highest BCUT2D eigenvalue weighted by molar-refractivity contribution is 5.39. The van der Waals surface area contributed by atoms with Crippen molar-refractivity contribution in [2.24, 2.45) is 0 Å². The Balaban J connectivity index is 2.29. The first-order chi connectivity index (χ1) is 9.01. The summed E-state index contributed by atoms with van der Waals surface area (Å²) < 4.78 is 5.29. The van der Waals surface area contributed by atoms with E-state index in [4.69, 9.17) is 4.74 Å². The number of ether oxygens (including phenoxy) is 1. The van der Waals surface area contributed by atoms with E-state index in [-0.39, 0.29) is 5.76 Å². The molecule has 0 amide bonds. The zero-order valence-corrected chi connectivity index (χ0v) is 11.8. The number of hydrogen-bond donors (Lipinski definition) is 1. The van der Waals surface area contributed by atoms with Gasteiger partial charge < -0.3 is 9.84 Å². The van der Waals surface area contributed by atoms with Gasteiger partial charge >= 0.3 is 0 Å². The van der Waals surface area contributed by atoms with Gasteiger partial charge in [-0.1, -0.05) is 18.2 Å². The molecule has 1 aromatic rings. The maximum atomic E-state index is 9.31. The van der Waals surface area contributed by atoms with Crippen LogP contribution in [0.15, 0.2) is 42.2 Å². The van der Waals surface area contributed by atoms with E-state index in [9.17, 15) is 5.11 Å². The van der Waals surface area contributed by atoms with Crippen molar-refractivity contribution in [3.63, 3.8) is 0 Å². The molecule has 102 valence electrons. The summed E-state index contributed by atoms with van der Waals surface area (Å²) in [6.45, 7) is 6.47. The molecular formula is C16H21NO2. The van der Waals surface area contributed by atoms with Gasteiger partial charge in [0, 0.05) is 12.6 Å². The quantitative estimate of drug-likeness (QED) is 0.669. The van der Waals surface area contributed by atoms with Crippen molar-refractivity contribution in [3.05, 3.63) is 53.3 Å². The van der Waals surface area contributed by atoms with Gasteiger partial charge in [0.15, 0.2) is 0 Å². The van der Waals surface area contributed by atoms with Gasteiger partial charge in [0.05, 0.1) is 7.11 Å². The van der Waals surface area contributed by atoms with Crippen molar-refractivity contribution in [1.82, 2.24) is 4.90 Å². The predicted molar refractivity (Wildman–Crippen MR) is 77.5 cm³/mol. The fraction of sp³-hybridized carbons (Fsp3) is 0.375. The summed E-state index contributed by atoms with van der Waals surface area (Å²) >= 11 is 0. The lowest BCUT2D eigenvalue weighted by molar-refractivity contribution is 0.243. The summed E-state index contributed by atoms with van der Waals surface area (Å²) in [4.78, 5) is 2.30. The summed E-state index contributed by atoms with van der Waals surface area (Å²) in [6, 6.07) is 6.54. The zero-order chi connectivity index (χ0) is 14.0. The van der Waals surface area contributed by atoms with Crippen molar-refractivity contribution < 1.29 is 9.84 Å². The average molecular weight is 259 g/mol. The van der Waals surface area contributed by atoms with Crippen molar-refractivity contribution in [2.75, 3.05) is 14.2 Å². The van der Waals surface area contributed by atoms with Crippen LogP contribution in [0.4, 0.5) is 0 Å². The van der Waals surface area contributed by atoms with E-state index in [0.717, 1.165) is 24.3 Å². The van der Waals surface area contributed by atoms with Crippen molar-refractivity contribution in [2.45, 2.75) is 25.9 Å². The van der Waals surface area contributed by atoms with E-state index < -0.39 is 0 Å². The number of allylic oxidation sites excluding steroid dienone is 1. The lowest BCUT2D eigenvalue weighted by Gasteiger charge is -2.35. The number of likely N-dealkylation sites (N-methyl/N-ethyl adjacent to an activating group) is 1. The molecule has 2 rings (SSSR count). The molecule has 0 unspecified atom stereocenters. The minimum absolute atomic E-state index is 0.113. The summed E-state index contributed by atoms with van der Waals surface area (Å²) in [6.07, 6.45) is 2.67. The summed E-state index contributed by atoms with van der Waals surface area (Å²) in [5.74, 6) is 1.01. The Morgan fingerprint density at radius 2 is 2.21 bits per heavy atom. The van der Waals surface area contributed by atoms with Gasteiger partial charge in [0.2, 0.25) is 0 Å². The maximum Gasteiger partial charge on any atom is 0.119 e. The molecule has 1 heterocycles. The van der Waals surface area contributed by atoms with E-state index in [2.05, 4.69) is 30.7 Å². The summed E-state index contributed by atoms with van der Waals surface area (Å²) in [7, 11) is 3.80. The predicted octanol–water partition coefficient (Wildman–Crippen LogP) is 3.07. The van der Waals surface area contributed by atoms with Crippen LogP contribution >= 0.6 is 0 Å². The molecular weight excluding hydrogens is 238 g/mol. The molecule has 0 bridgehead atoms. The molecule has 19 heavy (non-hydrogen) atoms.